The molecule has 2 rings (SSSR count). The number of ether oxygens (including phenoxy) is 1. The van der Waals surface area contributed by atoms with Crippen molar-refractivity contribution >= 4 is 17.5 Å². The maximum atomic E-state index is 12.0. The van der Waals surface area contributed by atoms with Crippen LogP contribution in [-0.2, 0) is 0 Å². The van der Waals surface area contributed by atoms with E-state index in [0.717, 1.165) is 0 Å². The monoisotopic (exact) mass is 305 g/mol. The maximum absolute atomic E-state index is 12.0. The van der Waals surface area contributed by atoms with Gasteiger partial charge in [0.2, 0.25) is 0 Å². The fraction of sp³-hybridized carbons (Fsp3) is 0.188. The van der Waals surface area contributed by atoms with Crippen LogP contribution >= 0.6 is 11.6 Å². The van der Waals surface area contributed by atoms with Crippen LogP contribution in [0.3, 0.4) is 0 Å². The highest BCUT2D eigenvalue weighted by atomic mass is 35.5. The molecule has 1 atom stereocenters. The minimum atomic E-state index is -0.853. The van der Waals surface area contributed by atoms with Gasteiger partial charge in [-0.15, -0.1) is 0 Å². The molecule has 0 spiro atoms. The molecule has 2 aromatic rings. The lowest BCUT2D eigenvalue weighted by Gasteiger charge is -2.13. The summed E-state index contributed by atoms with van der Waals surface area (Å²) in [5.41, 5.74) is 1.06. The molecular weight excluding hydrogens is 290 g/mol. The molecule has 0 radical (unpaired) electrons. The van der Waals surface area contributed by atoms with Crippen molar-refractivity contribution in [1.82, 2.24) is 5.32 Å². The molecule has 5 heteroatoms. The summed E-state index contributed by atoms with van der Waals surface area (Å²) >= 11 is 6.00. The predicted molar refractivity (Wildman–Crippen MR) is 81.7 cm³/mol. The van der Waals surface area contributed by atoms with Gasteiger partial charge in [-0.1, -0.05) is 35.9 Å². The van der Waals surface area contributed by atoms with Crippen molar-refractivity contribution in [2.24, 2.45) is 0 Å². The summed E-state index contributed by atoms with van der Waals surface area (Å²) in [7, 11) is 1.54. The Balaban J connectivity index is 1.99. The van der Waals surface area contributed by atoms with E-state index in [9.17, 15) is 9.90 Å². The van der Waals surface area contributed by atoms with E-state index in [2.05, 4.69) is 5.32 Å². The number of hydrogen-bond donors (Lipinski definition) is 2. The van der Waals surface area contributed by atoms with Gasteiger partial charge >= 0.3 is 0 Å². The Morgan fingerprint density at radius 1 is 1.29 bits per heavy atom. The number of carbonyl (C=O) groups excluding carboxylic acids is 1. The van der Waals surface area contributed by atoms with Gasteiger partial charge < -0.3 is 15.2 Å². The normalized spacial score (nSPS) is 11.8. The minimum absolute atomic E-state index is 0.0831. The Kier molecular flexibility index (Phi) is 5.20. The first-order chi connectivity index (χ1) is 10.1. The van der Waals surface area contributed by atoms with Crippen molar-refractivity contribution in [2.75, 3.05) is 13.7 Å². The first kappa shape index (κ1) is 15.4. The molecule has 0 aromatic heterocycles. The van der Waals surface area contributed by atoms with Gasteiger partial charge in [-0.25, -0.2) is 0 Å². The van der Waals surface area contributed by atoms with Crippen molar-refractivity contribution in [3.8, 4) is 5.75 Å². The molecule has 0 saturated carbocycles. The molecule has 2 aromatic carbocycles. The molecule has 0 aliphatic heterocycles. The fourth-order valence-corrected chi connectivity index (χ4v) is 2.17. The standard InChI is InChI=1S/C16H16ClNO3/c1-21-12-6-4-5-11(9-12)16(20)18-10-15(19)13-7-2-3-8-14(13)17/h2-9,15,19H,10H2,1H3,(H,18,20)/t15-/m0/s1. The highest BCUT2D eigenvalue weighted by Crippen LogP contribution is 2.22. The van der Waals surface area contributed by atoms with Crippen molar-refractivity contribution in [1.29, 1.82) is 0 Å². The third-order valence-electron chi connectivity index (χ3n) is 3.05. The van der Waals surface area contributed by atoms with Crippen molar-refractivity contribution in [3.63, 3.8) is 0 Å². The zero-order valence-corrected chi connectivity index (χ0v) is 12.3. The van der Waals surface area contributed by atoms with E-state index in [1.54, 1.807) is 48.5 Å². The predicted octanol–water partition coefficient (Wildman–Crippen LogP) is 2.81. The summed E-state index contributed by atoms with van der Waals surface area (Å²) < 4.78 is 5.07. The lowest BCUT2D eigenvalue weighted by atomic mass is 10.1. The van der Waals surface area contributed by atoms with E-state index in [1.165, 1.54) is 7.11 Å². The SMILES string of the molecule is COc1cccc(C(=O)NC[C@H](O)c2ccccc2Cl)c1. The Morgan fingerprint density at radius 3 is 2.76 bits per heavy atom. The van der Waals surface area contributed by atoms with Crippen molar-refractivity contribution < 1.29 is 14.6 Å². The van der Waals surface area contributed by atoms with Gasteiger partial charge in [0, 0.05) is 22.7 Å². The van der Waals surface area contributed by atoms with E-state index in [1.807, 2.05) is 0 Å². The van der Waals surface area contributed by atoms with E-state index in [-0.39, 0.29) is 12.5 Å². The van der Waals surface area contributed by atoms with Gasteiger partial charge in [0.25, 0.3) is 5.91 Å². The Labute approximate surface area is 128 Å². The number of halogens is 1. The molecule has 0 fully saturated rings. The van der Waals surface area contributed by atoms with Gasteiger partial charge in [-0.05, 0) is 24.3 Å². The molecular formula is C16H16ClNO3. The van der Waals surface area contributed by atoms with Gasteiger partial charge in [0.15, 0.2) is 0 Å². The van der Waals surface area contributed by atoms with Crippen LogP contribution in [-0.4, -0.2) is 24.7 Å². The molecule has 21 heavy (non-hydrogen) atoms. The quantitative estimate of drug-likeness (QED) is 0.893. The van der Waals surface area contributed by atoms with Crippen LogP contribution in [0.1, 0.15) is 22.0 Å². The van der Waals surface area contributed by atoms with E-state index in [0.29, 0.717) is 21.9 Å². The number of aliphatic hydroxyl groups excluding tert-OH is 1. The smallest absolute Gasteiger partial charge is 0.251 e. The van der Waals surface area contributed by atoms with E-state index >= 15 is 0 Å². The summed E-state index contributed by atoms with van der Waals surface area (Å²) in [5, 5.41) is 13.2. The molecule has 0 unspecified atom stereocenters. The molecule has 0 aliphatic rings. The highest BCUT2D eigenvalue weighted by molar-refractivity contribution is 6.31. The third-order valence-corrected chi connectivity index (χ3v) is 3.40. The van der Waals surface area contributed by atoms with Crippen LogP contribution in [0, 0.1) is 0 Å². The largest absolute Gasteiger partial charge is 0.497 e. The number of carbonyl (C=O) groups is 1. The van der Waals surface area contributed by atoms with Crippen LogP contribution in [0.4, 0.5) is 0 Å². The van der Waals surface area contributed by atoms with Gasteiger partial charge in [0.1, 0.15) is 5.75 Å². The highest BCUT2D eigenvalue weighted by Gasteiger charge is 2.13. The zero-order valence-electron chi connectivity index (χ0n) is 11.5. The molecule has 0 heterocycles. The number of amides is 1. The number of nitrogens with one attached hydrogen (secondary N) is 1. The Bertz CT molecular complexity index is 630. The van der Waals surface area contributed by atoms with Crippen LogP contribution < -0.4 is 10.1 Å². The lowest BCUT2D eigenvalue weighted by molar-refractivity contribution is 0.0916. The molecule has 0 saturated heterocycles. The minimum Gasteiger partial charge on any atom is -0.497 e. The summed E-state index contributed by atoms with van der Waals surface area (Å²) in [6, 6.07) is 13.8. The van der Waals surface area contributed by atoms with E-state index < -0.39 is 6.10 Å². The third kappa shape index (κ3) is 3.97. The van der Waals surface area contributed by atoms with Crippen LogP contribution in [0.5, 0.6) is 5.75 Å². The van der Waals surface area contributed by atoms with Crippen molar-refractivity contribution in [3.05, 3.63) is 64.7 Å². The lowest BCUT2D eigenvalue weighted by Crippen LogP contribution is -2.28. The average Bonchev–Trinajstić information content (AvgIpc) is 2.52. The number of rotatable bonds is 5. The average molecular weight is 306 g/mol. The number of aliphatic hydroxyl groups is 1. The van der Waals surface area contributed by atoms with Crippen LogP contribution in [0.15, 0.2) is 48.5 Å². The zero-order chi connectivity index (χ0) is 15.2. The van der Waals surface area contributed by atoms with Gasteiger partial charge in [-0.3, -0.25) is 4.79 Å². The van der Waals surface area contributed by atoms with E-state index in [4.69, 9.17) is 16.3 Å². The number of benzene rings is 2. The first-order valence-electron chi connectivity index (χ1n) is 6.46. The Morgan fingerprint density at radius 2 is 2.05 bits per heavy atom. The molecule has 2 N–H and O–H groups in total. The first-order valence-corrected chi connectivity index (χ1v) is 6.84. The summed E-state index contributed by atoms with van der Waals surface area (Å²) in [6.07, 6.45) is -0.853. The summed E-state index contributed by atoms with van der Waals surface area (Å²) in [4.78, 5) is 12.0. The van der Waals surface area contributed by atoms with Gasteiger partial charge in [0.05, 0.1) is 13.2 Å². The molecule has 1 amide bonds. The topological polar surface area (TPSA) is 58.6 Å². The fourth-order valence-electron chi connectivity index (χ4n) is 1.91. The maximum Gasteiger partial charge on any atom is 0.251 e. The van der Waals surface area contributed by atoms with Crippen LogP contribution in [0.2, 0.25) is 5.02 Å². The molecule has 110 valence electrons. The van der Waals surface area contributed by atoms with Crippen LogP contribution in [0.25, 0.3) is 0 Å². The molecule has 0 bridgehead atoms. The number of hydrogen-bond acceptors (Lipinski definition) is 3. The second kappa shape index (κ2) is 7.11. The Hall–Kier alpha value is -2.04. The second-order valence-electron chi connectivity index (χ2n) is 4.48. The molecule has 0 aliphatic carbocycles. The van der Waals surface area contributed by atoms with Gasteiger partial charge in [-0.2, -0.15) is 0 Å². The second-order valence-corrected chi connectivity index (χ2v) is 4.89. The summed E-state index contributed by atoms with van der Waals surface area (Å²) in [6.45, 7) is 0.0831. The van der Waals surface area contributed by atoms with Crippen molar-refractivity contribution in [2.45, 2.75) is 6.10 Å². The number of methoxy groups -OCH3 is 1. The summed E-state index contributed by atoms with van der Waals surface area (Å²) in [5.74, 6) is 0.328. The molecule has 4 nitrogen and oxygen atoms in total.